The quantitative estimate of drug-likeness (QED) is 0.644. The summed E-state index contributed by atoms with van der Waals surface area (Å²) in [5.74, 6) is -0.200. The van der Waals surface area contributed by atoms with E-state index in [1.807, 2.05) is 18.2 Å². The number of hydrogen-bond acceptors (Lipinski definition) is 6. The molecular formula is C22H28N4O5. The van der Waals surface area contributed by atoms with Crippen molar-refractivity contribution in [2.45, 2.75) is 32.7 Å². The molecule has 2 heterocycles. The highest BCUT2D eigenvalue weighted by Gasteiger charge is 2.29. The molecular weight excluding hydrogens is 400 g/mol. The van der Waals surface area contributed by atoms with Crippen molar-refractivity contribution in [1.29, 1.82) is 0 Å². The van der Waals surface area contributed by atoms with Crippen molar-refractivity contribution in [1.82, 2.24) is 14.7 Å². The second-order valence-corrected chi connectivity index (χ2v) is 7.39. The fraction of sp³-hybridized carbons (Fsp3) is 0.455. The Morgan fingerprint density at radius 3 is 2.84 bits per heavy atom. The number of likely N-dealkylation sites (tertiary alicyclic amines) is 1. The van der Waals surface area contributed by atoms with E-state index in [-0.39, 0.29) is 36.7 Å². The molecule has 1 aromatic carbocycles. The smallest absolute Gasteiger partial charge is 0.310 e. The van der Waals surface area contributed by atoms with Gasteiger partial charge in [-0.3, -0.25) is 19.1 Å². The van der Waals surface area contributed by atoms with Crippen LogP contribution in [0.1, 0.15) is 25.3 Å². The zero-order valence-corrected chi connectivity index (χ0v) is 17.9. The summed E-state index contributed by atoms with van der Waals surface area (Å²) in [6.07, 6.45) is 4.78. The van der Waals surface area contributed by atoms with Gasteiger partial charge in [0.25, 0.3) is 0 Å². The fourth-order valence-electron chi connectivity index (χ4n) is 3.64. The molecule has 0 unspecified atom stereocenters. The Balaban J connectivity index is 1.53. The maximum atomic E-state index is 12.6. The Hall–Kier alpha value is -3.36. The molecule has 166 valence electrons. The van der Waals surface area contributed by atoms with Crippen molar-refractivity contribution >= 4 is 23.5 Å². The zero-order chi connectivity index (χ0) is 22.2. The number of nitrogens with zero attached hydrogens (tertiary/aromatic N) is 3. The van der Waals surface area contributed by atoms with E-state index in [1.54, 1.807) is 31.2 Å². The molecule has 0 radical (unpaired) electrons. The summed E-state index contributed by atoms with van der Waals surface area (Å²) in [5, 5.41) is 6.95. The van der Waals surface area contributed by atoms with Crippen LogP contribution in [0.25, 0.3) is 0 Å². The number of piperidine rings is 1. The highest BCUT2D eigenvalue weighted by molar-refractivity contribution is 5.92. The Morgan fingerprint density at radius 1 is 1.26 bits per heavy atom. The molecule has 9 heteroatoms. The van der Waals surface area contributed by atoms with Gasteiger partial charge in [0, 0.05) is 24.8 Å². The van der Waals surface area contributed by atoms with Crippen molar-refractivity contribution in [3.8, 4) is 5.75 Å². The minimum absolute atomic E-state index is 0.0396. The molecule has 1 atom stereocenters. The number of ether oxygens (including phenoxy) is 2. The fourth-order valence-corrected chi connectivity index (χ4v) is 3.64. The van der Waals surface area contributed by atoms with Crippen molar-refractivity contribution < 1.29 is 23.9 Å². The highest BCUT2D eigenvalue weighted by Crippen LogP contribution is 2.20. The average Bonchev–Trinajstić information content (AvgIpc) is 3.20. The summed E-state index contributed by atoms with van der Waals surface area (Å²) in [6.45, 7) is 3.12. The van der Waals surface area contributed by atoms with Gasteiger partial charge >= 0.3 is 5.97 Å². The first-order valence-electron chi connectivity index (χ1n) is 10.4. The SMILES string of the molecule is CCOC(=O)[C@@H]1CCCN(C(=O)Cn2cc(NC(=O)Cc3ccccc3OC)cn2)C1. The van der Waals surface area contributed by atoms with Gasteiger partial charge in [-0.2, -0.15) is 5.10 Å². The maximum Gasteiger partial charge on any atom is 0.310 e. The number of nitrogens with one attached hydrogen (secondary N) is 1. The molecule has 9 nitrogen and oxygen atoms in total. The summed E-state index contributed by atoms with van der Waals surface area (Å²) in [5.41, 5.74) is 1.29. The second kappa shape index (κ2) is 10.6. The van der Waals surface area contributed by atoms with E-state index in [4.69, 9.17) is 9.47 Å². The number of benzene rings is 1. The van der Waals surface area contributed by atoms with Gasteiger partial charge in [0.1, 0.15) is 12.3 Å². The molecule has 1 aliphatic heterocycles. The Labute approximate surface area is 181 Å². The van der Waals surface area contributed by atoms with Gasteiger partial charge < -0.3 is 19.7 Å². The highest BCUT2D eigenvalue weighted by atomic mass is 16.5. The number of rotatable bonds is 8. The molecule has 1 aromatic heterocycles. The molecule has 0 aliphatic carbocycles. The number of para-hydroxylation sites is 1. The molecule has 31 heavy (non-hydrogen) atoms. The second-order valence-electron chi connectivity index (χ2n) is 7.39. The Bertz CT molecular complexity index is 926. The lowest BCUT2D eigenvalue weighted by Crippen LogP contribution is -2.44. The van der Waals surface area contributed by atoms with Crippen LogP contribution in [0.3, 0.4) is 0 Å². The van der Waals surface area contributed by atoms with Gasteiger partial charge in [-0.1, -0.05) is 18.2 Å². The third-order valence-electron chi connectivity index (χ3n) is 5.15. The lowest BCUT2D eigenvalue weighted by Gasteiger charge is -2.31. The minimum Gasteiger partial charge on any atom is -0.496 e. The van der Waals surface area contributed by atoms with Crippen LogP contribution in [-0.2, 0) is 32.1 Å². The monoisotopic (exact) mass is 428 g/mol. The van der Waals surface area contributed by atoms with Crippen LogP contribution >= 0.6 is 0 Å². The molecule has 2 aromatic rings. The largest absolute Gasteiger partial charge is 0.496 e. The first-order chi connectivity index (χ1) is 15.0. The number of esters is 1. The lowest BCUT2D eigenvalue weighted by atomic mass is 9.98. The van der Waals surface area contributed by atoms with Crippen molar-refractivity contribution in [3.63, 3.8) is 0 Å². The van der Waals surface area contributed by atoms with Gasteiger partial charge in [-0.25, -0.2) is 0 Å². The van der Waals surface area contributed by atoms with Crippen molar-refractivity contribution in [2.75, 3.05) is 32.1 Å². The van der Waals surface area contributed by atoms with E-state index in [2.05, 4.69) is 10.4 Å². The summed E-state index contributed by atoms with van der Waals surface area (Å²) in [6, 6.07) is 7.34. The van der Waals surface area contributed by atoms with Crippen molar-refractivity contribution in [3.05, 3.63) is 42.2 Å². The zero-order valence-electron chi connectivity index (χ0n) is 17.9. The topological polar surface area (TPSA) is 103 Å². The lowest BCUT2D eigenvalue weighted by molar-refractivity contribution is -0.151. The third-order valence-corrected chi connectivity index (χ3v) is 5.15. The van der Waals surface area contributed by atoms with E-state index < -0.39 is 0 Å². The van der Waals surface area contributed by atoms with Crippen LogP contribution in [0.15, 0.2) is 36.7 Å². The summed E-state index contributed by atoms with van der Waals surface area (Å²) in [7, 11) is 1.56. The number of carbonyl (C=O) groups is 3. The van der Waals surface area contributed by atoms with E-state index in [1.165, 1.54) is 10.9 Å². The summed E-state index contributed by atoms with van der Waals surface area (Å²) < 4.78 is 11.8. The van der Waals surface area contributed by atoms with Gasteiger partial charge in [0.15, 0.2) is 0 Å². The predicted molar refractivity (Wildman–Crippen MR) is 113 cm³/mol. The first kappa shape index (κ1) is 22.3. The molecule has 2 amide bonds. The van der Waals surface area contributed by atoms with Crippen LogP contribution in [0.5, 0.6) is 5.75 Å². The molecule has 0 spiro atoms. The van der Waals surface area contributed by atoms with Gasteiger partial charge in [-0.15, -0.1) is 0 Å². The van der Waals surface area contributed by atoms with Crippen LogP contribution in [-0.4, -0.2) is 59.3 Å². The van der Waals surface area contributed by atoms with Gasteiger partial charge in [-0.05, 0) is 25.8 Å². The number of amides is 2. The van der Waals surface area contributed by atoms with E-state index in [0.29, 0.717) is 31.1 Å². The predicted octanol–water partition coefficient (Wildman–Crippen LogP) is 1.87. The van der Waals surface area contributed by atoms with Crippen LogP contribution in [0.4, 0.5) is 5.69 Å². The average molecular weight is 428 g/mol. The molecule has 1 N–H and O–H groups in total. The molecule has 1 aliphatic rings. The number of carbonyl (C=O) groups excluding carboxylic acids is 3. The first-order valence-corrected chi connectivity index (χ1v) is 10.4. The van der Waals surface area contributed by atoms with Crippen LogP contribution < -0.4 is 10.1 Å². The van der Waals surface area contributed by atoms with E-state index >= 15 is 0 Å². The standard InChI is InChI=1S/C22H28N4O5/c1-3-31-22(29)17-8-6-10-25(13-17)21(28)15-26-14-18(12-23-26)24-20(27)11-16-7-4-5-9-19(16)30-2/h4-5,7,9,12,14,17H,3,6,8,10-11,13,15H2,1-2H3,(H,24,27)/t17-/m1/s1. The van der Waals surface area contributed by atoms with Gasteiger partial charge in [0.2, 0.25) is 11.8 Å². The minimum atomic E-state index is -0.278. The van der Waals surface area contributed by atoms with E-state index in [0.717, 1.165) is 18.4 Å². The molecule has 0 bridgehead atoms. The van der Waals surface area contributed by atoms with Crippen LogP contribution in [0, 0.1) is 5.92 Å². The molecule has 3 rings (SSSR count). The van der Waals surface area contributed by atoms with E-state index in [9.17, 15) is 14.4 Å². The Kier molecular flexibility index (Phi) is 7.64. The summed E-state index contributed by atoms with van der Waals surface area (Å²) >= 11 is 0. The molecule has 0 saturated carbocycles. The number of anilines is 1. The third kappa shape index (κ3) is 6.07. The van der Waals surface area contributed by atoms with Gasteiger partial charge in [0.05, 0.1) is 37.9 Å². The number of hydrogen-bond donors (Lipinski definition) is 1. The number of methoxy groups -OCH3 is 1. The Morgan fingerprint density at radius 2 is 2.06 bits per heavy atom. The molecule has 1 saturated heterocycles. The van der Waals surface area contributed by atoms with Crippen molar-refractivity contribution in [2.24, 2.45) is 5.92 Å². The summed E-state index contributed by atoms with van der Waals surface area (Å²) in [4.78, 5) is 38.7. The maximum absolute atomic E-state index is 12.6. The molecule has 1 fully saturated rings. The number of aromatic nitrogens is 2. The van der Waals surface area contributed by atoms with Crippen LogP contribution in [0.2, 0.25) is 0 Å². The normalized spacial score (nSPS) is 15.9.